The van der Waals surface area contributed by atoms with E-state index >= 15 is 0 Å². The minimum atomic E-state index is 0.204. The third-order valence-corrected chi connectivity index (χ3v) is 5.66. The van der Waals surface area contributed by atoms with E-state index in [-0.39, 0.29) is 5.91 Å². The molecule has 0 saturated carbocycles. The summed E-state index contributed by atoms with van der Waals surface area (Å²) >= 11 is 0. The molecule has 0 aromatic heterocycles. The van der Waals surface area contributed by atoms with Crippen LogP contribution in [0.2, 0.25) is 0 Å². The number of hydrogen-bond acceptors (Lipinski definition) is 2. The van der Waals surface area contributed by atoms with E-state index in [0.717, 1.165) is 37.8 Å². The number of aryl methyl sites for hydroxylation is 1. The second-order valence-electron chi connectivity index (χ2n) is 7.71. The summed E-state index contributed by atoms with van der Waals surface area (Å²) in [6.45, 7) is 8.09. The summed E-state index contributed by atoms with van der Waals surface area (Å²) in [6.07, 6.45) is 4.24. The van der Waals surface area contributed by atoms with Gasteiger partial charge < -0.3 is 9.80 Å². The largest absolute Gasteiger partial charge is 0.311 e. The topological polar surface area (TPSA) is 23.6 Å². The summed E-state index contributed by atoms with van der Waals surface area (Å²) in [5.74, 6) is 0.988. The van der Waals surface area contributed by atoms with E-state index in [4.69, 9.17) is 0 Å². The van der Waals surface area contributed by atoms with Crippen LogP contribution in [0, 0.1) is 12.8 Å². The second kappa shape index (κ2) is 9.70. The molecule has 2 aromatic carbocycles. The zero-order valence-electron chi connectivity index (χ0n) is 16.7. The average Bonchev–Trinajstić information content (AvgIpc) is 2.71. The predicted molar refractivity (Wildman–Crippen MR) is 113 cm³/mol. The summed E-state index contributed by atoms with van der Waals surface area (Å²) in [5.41, 5.74) is 3.81. The molecule has 1 aliphatic rings. The van der Waals surface area contributed by atoms with E-state index in [1.54, 1.807) is 0 Å². The molecule has 0 N–H and O–H groups in total. The van der Waals surface area contributed by atoms with Gasteiger partial charge in [0.25, 0.3) is 0 Å². The van der Waals surface area contributed by atoms with Gasteiger partial charge in [0.2, 0.25) is 5.91 Å². The Kier molecular flexibility index (Phi) is 7.05. The minimum absolute atomic E-state index is 0.204. The van der Waals surface area contributed by atoms with Gasteiger partial charge in [0.05, 0.1) is 0 Å². The Hall–Kier alpha value is -2.13. The fourth-order valence-electron chi connectivity index (χ4n) is 3.91. The van der Waals surface area contributed by atoms with Gasteiger partial charge in [0.15, 0.2) is 0 Å². The van der Waals surface area contributed by atoms with Gasteiger partial charge in [-0.1, -0.05) is 55.0 Å². The molecule has 1 amide bonds. The summed E-state index contributed by atoms with van der Waals surface area (Å²) in [4.78, 5) is 16.8. The maximum Gasteiger partial charge on any atom is 0.226 e. The zero-order chi connectivity index (χ0) is 19.1. The maximum absolute atomic E-state index is 12.4. The summed E-state index contributed by atoms with van der Waals surface area (Å²) in [5, 5.41) is 0. The van der Waals surface area contributed by atoms with Gasteiger partial charge in [-0.3, -0.25) is 4.79 Å². The molecule has 0 atom stereocenters. The van der Waals surface area contributed by atoms with Crippen LogP contribution in [0.15, 0.2) is 54.6 Å². The van der Waals surface area contributed by atoms with Gasteiger partial charge >= 0.3 is 0 Å². The number of hydrogen-bond donors (Lipinski definition) is 0. The summed E-state index contributed by atoms with van der Waals surface area (Å²) in [6, 6.07) is 19.0. The smallest absolute Gasteiger partial charge is 0.226 e. The number of carbonyl (C=O) groups is 1. The van der Waals surface area contributed by atoms with Gasteiger partial charge in [-0.2, -0.15) is 0 Å². The van der Waals surface area contributed by atoms with Crippen LogP contribution < -0.4 is 4.90 Å². The van der Waals surface area contributed by atoms with Crippen molar-refractivity contribution in [1.82, 2.24) is 4.90 Å². The van der Waals surface area contributed by atoms with Gasteiger partial charge in [0.1, 0.15) is 0 Å². The molecule has 1 heterocycles. The first-order valence-electron chi connectivity index (χ1n) is 10.3. The molecule has 27 heavy (non-hydrogen) atoms. The molecule has 0 radical (unpaired) electrons. The van der Waals surface area contributed by atoms with E-state index < -0.39 is 0 Å². The number of nitrogens with zero attached hydrogens (tertiary/aromatic N) is 2. The Bertz CT molecular complexity index is 703. The molecule has 0 unspecified atom stereocenters. The molecule has 3 heteroatoms. The van der Waals surface area contributed by atoms with Crippen molar-refractivity contribution in [3.63, 3.8) is 0 Å². The van der Waals surface area contributed by atoms with Crippen LogP contribution in [0.3, 0.4) is 0 Å². The Morgan fingerprint density at radius 2 is 1.70 bits per heavy atom. The highest BCUT2D eigenvalue weighted by Crippen LogP contribution is 2.22. The van der Waals surface area contributed by atoms with Crippen LogP contribution in [0.5, 0.6) is 0 Å². The van der Waals surface area contributed by atoms with E-state index in [1.807, 2.05) is 42.2 Å². The third-order valence-electron chi connectivity index (χ3n) is 5.66. The molecule has 144 valence electrons. The van der Waals surface area contributed by atoms with Crippen molar-refractivity contribution in [3.05, 3.63) is 65.7 Å². The van der Waals surface area contributed by atoms with E-state index in [9.17, 15) is 4.79 Å². The first-order valence-corrected chi connectivity index (χ1v) is 10.3. The number of rotatable bonds is 7. The number of amides is 1. The van der Waals surface area contributed by atoms with Crippen LogP contribution in [0.4, 0.5) is 5.69 Å². The fourth-order valence-corrected chi connectivity index (χ4v) is 3.91. The quantitative estimate of drug-likeness (QED) is 0.711. The number of para-hydroxylation sites is 1. The average molecular weight is 365 g/mol. The lowest BCUT2D eigenvalue weighted by molar-refractivity contribution is -0.118. The van der Waals surface area contributed by atoms with Crippen molar-refractivity contribution >= 4 is 11.6 Å². The second-order valence-corrected chi connectivity index (χ2v) is 7.71. The number of likely N-dealkylation sites (tertiary alicyclic amines) is 1. The Labute approximate surface area is 164 Å². The predicted octanol–water partition coefficient (Wildman–Crippen LogP) is 4.69. The fraction of sp³-hybridized carbons (Fsp3) is 0.458. The summed E-state index contributed by atoms with van der Waals surface area (Å²) in [7, 11) is 0. The van der Waals surface area contributed by atoms with Crippen molar-refractivity contribution in [2.75, 3.05) is 31.1 Å². The first kappa shape index (κ1) is 19.6. The summed E-state index contributed by atoms with van der Waals surface area (Å²) < 4.78 is 0. The maximum atomic E-state index is 12.4. The molecule has 0 bridgehead atoms. The van der Waals surface area contributed by atoms with Crippen LogP contribution in [0.1, 0.15) is 37.3 Å². The van der Waals surface area contributed by atoms with Crippen molar-refractivity contribution in [2.24, 2.45) is 5.92 Å². The molecular weight excluding hydrogens is 332 g/mol. The molecule has 3 nitrogen and oxygen atoms in total. The molecule has 2 aromatic rings. The SMILES string of the molecule is CCC(=O)N(CCN1CCC(Cc2ccc(C)cc2)CC1)c1ccccc1. The van der Waals surface area contributed by atoms with Crippen LogP contribution in [-0.4, -0.2) is 37.0 Å². The lowest BCUT2D eigenvalue weighted by Gasteiger charge is -2.33. The van der Waals surface area contributed by atoms with Gasteiger partial charge in [-0.15, -0.1) is 0 Å². The highest BCUT2D eigenvalue weighted by atomic mass is 16.2. The van der Waals surface area contributed by atoms with E-state index in [1.165, 1.54) is 30.4 Å². The van der Waals surface area contributed by atoms with Crippen molar-refractivity contribution in [1.29, 1.82) is 0 Å². The molecule has 0 aliphatic carbocycles. The Morgan fingerprint density at radius 1 is 1.04 bits per heavy atom. The molecular formula is C24H32N2O. The number of anilines is 1. The van der Waals surface area contributed by atoms with Crippen molar-refractivity contribution < 1.29 is 4.79 Å². The lowest BCUT2D eigenvalue weighted by atomic mass is 9.90. The van der Waals surface area contributed by atoms with Gasteiger partial charge in [-0.05, 0) is 62.9 Å². The third kappa shape index (κ3) is 5.67. The molecule has 1 aliphatic heterocycles. The number of benzene rings is 2. The highest BCUT2D eigenvalue weighted by molar-refractivity contribution is 5.93. The molecule has 3 rings (SSSR count). The Morgan fingerprint density at radius 3 is 2.33 bits per heavy atom. The zero-order valence-corrected chi connectivity index (χ0v) is 16.7. The monoisotopic (exact) mass is 364 g/mol. The molecule has 1 fully saturated rings. The Balaban J connectivity index is 1.48. The van der Waals surface area contributed by atoms with Crippen molar-refractivity contribution in [2.45, 2.75) is 39.5 Å². The standard InChI is InChI=1S/C24H32N2O/c1-3-24(27)26(23-7-5-4-6-8-23)18-17-25-15-13-22(14-16-25)19-21-11-9-20(2)10-12-21/h4-12,22H,3,13-19H2,1-2H3. The van der Waals surface area contributed by atoms with Crippen molar-refractivity contribution in [3.8, 4) is 0 Å². The molecule has 0 spiro atoms. The molecule has 1 saturated heterocycles. The minimum Gasteiger partial charge on any atom is -0.311 e. The number of piperidine rings is 1. The number of carbonyl (C=O) groups excluding carboxylic acids is 1. The van der Waals surface area contributed by atoms with Gasteiger partial charge in [0, 0.05) is 25.2 Å². The van der Waals surface area contributed by atoms with Crippen LogP contribution in [-0.2, 0) is 11.2 Å². The van der Waals surface area contributed by atoms with E-state index in [2.05, 4.69) is 36.1 Å². The lowest BCUT2D eigenvalue weighted by Crippen LogP contribution is -2.42. The van der Waals surface area contributed by atoms with Crippen LogP contribution in [0.25, 0.3) is 0 Å². The first-order chi connectivity index (χ1) is 13.2. The van der Waals surface area contributed by atoms with E-state index in [0.29, 0.717) is 6.42 Å². The van der Waals surface area contributed by atoms with Gasteiger partial charge in [-0.25, -0.2) is 0 Å². The normalized spacial score (nSPS) is 15.6. The van der Waals surface area contributed by atoms with Crippen LogP contribution >= 0.6 is 0 Å². The highest BCUT2D eigenvalue weighted by Gasteiger charge is 2.21.